The van der Waals surface area contributed by atoms with Gasteiger partial charge in [0.1, 0.15) is 11.6 Å². The van der Waals surface area contributed by atoms with Crippen LogP contribution in [0, 0.1) is 5.82 Å². The number of nitrogens with one attached hydrogen (secondary N) is 1. The van der Waals surface area contributed by atoms with Gasteiger partial charge < -0.3 is 15.2 Å². The van der Waals surface area contributed by atoms with Crippen LogP contribution in [0.25, 0.3) is 0 Å². The predicted molar refractivity (Wildman–Crippen MR) is 106 cm³/mol. The average molecular weight is 371 g/mol. The van der Waals surface area contributed by atoms with Crippen LogP contribution in [0.4, 0.5) is 4.39 Å². The third kappa shape index (κ3) is 4.69. The number of aromatic hydroxyl groups is 1. The lowest BCUT2D eigenvalue weighted by molar-refractivity contribution is -0.0979. The van der Waals surface area contributed by atoms with Crippen molar-refractivity contribution in [2.24, 2.45) is 0 Å². The van der Waals surface area contributed by atoms with Crippen LogP contribution < -0.4 is 5.32 Å². The molecule has 1 saturated heterocycles. The van der Waals surface area contributed by atoms with Crippen molar-refractivity contribution >= 4 is 0 Å². The quantitative estimate of drug-likeness (QED) is 0.678. The van der Waals surface area contributed by atoms with Crippen LogP contribution in [0.1, 0.15) is 50.7 Å². The minimum atomic E-state index is -0.197. The van der Waals surface area contributed by atoms with Gasteiger partial charge in [-0.3, -0.25) is 0 Å². The van der Waals surface area contributed by atoms with E-state index in [9.17, 15) is 9.50 Å². The standard InChI is InChI=1S/C23H30FNO2/c1-3-22(2)17-23(13-15-27-22,19-8-10-20(24)11-9-19)12-14-25-16-18-6-4-5-7-21(18)26/h4-11,25-26H,3,12-17H2,1-2H3/t22-,23?/m1/s1. The molecule has 0 spiro atoms. The van der Waals surface area contributed by atoms with Crippen molar-refractivity contribution in [2.45, 2.75) is 57.1 Å². The van der Waals surface area contributed by atoms with Crippen LogP contribution in [0.2, 0.25) is 0 Å². The summed E-state index contributed by atoms with van der Waals surface area (Å²) in [6.07, 6.45) is 3.78. The Labute approximate surface area is 161 Å². The molecule has 2 aromatic rings. The maximum Gasteiger partial charge on any atom is 0.123 e. The molecular weight excluding hydrogens is 341 g/mol. The lowest BCUT2D eigenvalue weighted by atomic mass is 9.66. The van der Waals surface area contributed by atoms with Gasteiger partial charge in [0.15, 0.2) is 0 Å². The number of para-hydroxylation sites is 1. The maximum atomic E-state index is 13.5. The molecule has 3 nitrogen and oxygen atoms in total. The average Bonchev–Trinajstić information content (AvgIpc) is 2.67. The minimum absolute atomic E-state index is 0.0254. The van der Waals surface area contributed by atoms with Crippen LogP contribution in [-0.2, 0) is 16.7 Å². The van der Waals surface area contributed by atoms with Crippen LogP contribution in [0.15, 0.2) is 48.5 Å². The molecule has 0 amide bonds. The second-order valence-corrected chi connectivity index (χ2v) is 7.92. The van der Waals surface area contributed by atoms with E-state index in [1.54, 1.807) is 18.2 Å². The van der Waals surface area contributed by atoms with Gasteiger partial charge in [0.2, 0.25) is 0 Å². The topological polar surface area (TPSA) is 41.5 Å². The summed E-state index contributed by atoms with van der Waals surface area (Å²) < 4.78 is 19.5. The van der Waals surface area contributed by atoms with Gasteiger partial charge in [-0.25, -0.2) is 4.39 Å². The summed E-state index contributed by atoms with van der Waals surface area (Å²) in [7, 11) is 0. The van der Waals surface area contributed by atoms with Crippen molar-refractivity contribution in [1.29, 1.82) is 0 Å². The fourth-order valence-corrected chi connectivity index (χ4v) is 4.19. The van der Waals surface area contributed by atoms with Crippen LogP contribution in [0.5, 0.6) is 5.75 Å². The second kappa shape index (κ2) is 8.41. The number of benzene rings is 2. The Bertz CT molecular complexity index is 748. The van der Waals surface area contributed by atoms with Crippen LogP contribution in [-0.4, -0.2) is 23.9 Å². The summed E-state index contributed by atoms with van der Waals surface area (Å²) in [4.78, 5) is 0. The molecule has 3 rings (SSSR count). The predicted octanol–water partition coefficient (Wildman–Crippen LogP) is 4.93. The Morgan fingerprint density at radius 1 is 1.15 bits per heavy atom. The van der Waals surface area contributed by atoms with Crippen LogP contribution in [0.3, 0.4) is 0 Å². The number of phenolic OH excluding ortho intramolecular Hbond substituents is 1. The minimum Gasteiger partial charge on any atom is -0.508 e. The van der Waals surface area contributed by atoms with Crippen molar-refractivity contribution in [3.63, 3.8) is 0 Å². The van der Waals surface area contributed by atoms with Gasteiger partial charge in [0.25, 0.3) is 0 Å². The second-order valence-electron chi connectivity index (χ2n) is 7.92. The summed E-state index contributed by atoms with van der Waals surface area (Å²) in [6, 6.07) is 14.4. The van der Waals surface area contributed by atoms with Crippen molar-refractivity contribution in [3.05, 3.63) is 65.5 Å². The fraction of sp³-hybridized carbons (Fsp3) is 0.478. The summed E-state index contributed by atoms with van der Waals surface area (Å²) in [5.74, 6) is 0.125. The molecule has 1 fully saturated rings. The van der Waals surface area contributed by atoms with Gasteiger partial charge >= 0.3 is 0 Å². The highest BCUT2D eigenvalue weighted by molar-refractivity contribution is 5.31. The van der Waals surface area contributed by atoms with E-state index < -0.39 is 0 Å². The van der Waals surface area contributed by atoms with Crippen molar-refractivity contribution in [3.8, 4) is 5.75 Å². The number of phenols is 1. The van der Waals surface area contributed by atoms with E-state index >= 15 is 0 Å². The molecule has 0 radical (unpaired) electrons. The van der Waals surface area contributed by atoms with Gasteiger partial charge in [-0.1, -0.05) is 37.3 Å². The monoisotopic (exact) mass is 371 g/mol. The SMILES string of the molecule is CC[C@]1(C)CC(CCNCc2ccccc2O)(c2ccc(F)cc2)CCO1. The third-order valence-electron chi connectivity index (χ3n) is 6.04. The van der Waals surface area contributed by atoms with E-state index in [2.05, 4.69) is 19.2 Å². The summed E-state index contributed by atoms with van der Waals surface area (Å²) in [5, 5.41) is 13.4. The van der Waals surface area contributed by atoms with E-state index in [0.717, 1.165) is 44.4 Å². The van der Waals surface area contributed by atoms with E-state index in [1.807, 2.05) is 30.3 Å². The Morgan fingerprint density at radius 2 is 1.89 bits per heavy atom. The van der Waals surface area contributed by atoms with E-state index in [4.69, 9.17) is 4.74 Å². The van der Waals surface area contributed by atoms with E-state index in [1.165, 1.54) is 5.56 Å². The van der Waals surface area contributed by atoms with Crippen molar-refractivity contribution < 1.29 is 14.2 Å². The Hall–Kier alpha value is -1.91. The molecule has 1 heterocycles. The highest BCUT2D eigenvalue weighted by Gasteiger charge is 2.43. The molecule has 1 aliphatic rings. The normalized spacial score (nSPS) is 25.4. The molecule has 0 aliphatic carbocycles. The highest BCUT2D eigenvalue weighted by Crippen LogP contribution is 2.45. The first-order valence-electron chi connectivity index (χ1n) is 9.84. The van der Waals surface area contributed by atoms with E-state index in [-0.39, 0.29) is 16.8 Å². The van der Waals surface area contributed by atoms with Crippen LogP contribution >= 0.6 is 0 Å². The molecule has 2 N–H and O–H groups in total. The molecule has 0 aromatic heterocycles. The molecule has 1 unspecified atom stereocenters. The Morgan fingerprint density at radius 3 is 2.59 bits per heavy atom. The third-order valence-corrected chi connectivity index (χ3v) is 6.04. The smallest absolute Gasteiger partial charge is 0.123 e. The van der Waals surface area contributed by atoms with Gasteiger partial charge in [0, 0.05) is 24.1 Å². The van der Waals surface area contributed by atoms with Crippen molar-refractivity contribution in [2.75, 3.05) is 13.2 Å². The maximum absolute atomic E-state index is 13.5. The summed E-state index contributed by atoms with van der Waals surface area (Å²) in [6.45, 7) is 6.53. The first-order valence-corrected chi connectivity index (χ1v) is 9.84. The first-order chi connectivity index (χ1) is 13.0. The largest absolute Gasteiger partial charge is 0.508 e. The lowest BCUT2D eigenvalue weighted by Crippen LogP contribution is -2.46. The number of hydrogen-bond donors (Lipinski definition) is 2. The molecule has 1 aliphatic heterocycles. The summed E-state index contributed by atoms with van der Waals surface area (Å²) >= 11 is 0. The first kappa shape index (κ1) is 19.8. The zero-order chi connectivity index (χ0) is 19.3. The zero-order valence-corrected chi connectivity index (χ0v) is 16.3. The molecule has 2 aromatic carbocycles. The molecule has 0 bridgehead atoms. The zero-order valence-electron chi connectivity index (χ0n) is 16.3. The van der Waals surface area contributed by atoms with Crippen molar-refractivity contribution in [1.82, 2.24) is 5.32 Å². The van der Waals surface area contributed by atoms with Gasteiger partial charge in [-0.2, -0.15) is 0 Å². The van der Waals surface area contributed by atoms with Gasteiger partial charge in [-0.15, -0.1) is 0 Å². The molecule has 2 atom stereocenters. The molecular formula is C23H30FNO2. The van der Waals surface area contributed by atoms with Gasteiger partial charge in [0.05, 0.1) is 5.60 Å². The molecule has 27 heavy (non-hydrogen) atoms. The number of halogens is 1. The Balaban J connectivity index is 1.72. The lowest BCUT2D eigenvalue weighted by Gasteiger charge is -2.47. The molecule has 146 valence electrons. The van der Waals surface area contributed by atoms with Gasteiger partial charge in [-0.05, 0) is 62.9 Å². The summed E-state index contributed by atoms with van der Waals surface area (Å²) in [5.41, 5.74) is 1.92. The Kier molecular flexibility index (Phi) is 6.18. The number of ether oxygens (including phenoxy) is 1. The highest BCUT2D eigenvalue weighted by atomic mass is 19.1. The number of rotatable bonds is 7. The fourth-order valence-electron chi connectivity index (χ4n) is 4.19. The molecule has 4 heteroatoms. The molecule has 0 saturated carbocycles. The van der Waals surface area contributed by atoms with E-state index in [0.29, 0.717) is 12.3 Å². The number of hydrogen-bond acceptors (Lipinski definition) is 3.